The Bertz CT molecular complexity index is 1720. The van der Waals surface area contributed by atoms with E-state index in [0.717, 1.165) is 6.07 Å². The van der Waals surface area contributed by atoms with Crippen LogP contribution in [0.3, 0.4) is 0 Å². The highest BCUT2D eigenvalue weighted by Gasteiger charge is 2.25. The van der Waals surface area contributed by atoms with Gasteiger partial charge in [-0.15, -0.1) is 0 Å². The third kappa shape index (κ3) is 6.89. The number of nitrogens with zero attached hydrogens (tertiary/aromatic N) is 3. The second kappa shape index (κ2) is 12.5. The van der Waals surface area contributed by atoms with Gasteiger partial charge in [-0.25, -0.2) is 40.9 Å². The number of alkyl halides is 1. The van der Waals surface area contributed by atoms with Crippen molar-refractivity contribution in [1.29, 1.82) is 0 Å². The van der Waals surface area contributed by atoms with Crippen LogP contribution in [0.1, 0.15) is 12.0 Å². The van der Waals surface area contributed by atoms with E-state index in [-0.39, 0.29) is 36.4 Å². The van der Waals surface area contributed by atoms with Crippen molar-refractivity contribution in [3.05, 3.63) is 89.0 Å². The molecule has 220 valence electrons. The summed E-state index contributed by atoms with van der Waals surface area (Å²) in [5.41, 5.74) is -0.584. The second-order valence-electron chi connectivity index (χ2n) is 9.37. The molecular formula is C27H23ClF4N6O3S. The molecule has 3 heterocycles. The summed E-state index contributed by atoms with van der Waals surface area (Å²) in [6, 6.07) is 10.3. The number of piperidine rings is 1. The van der Waals surface area contributed by atoms with Gasteiger partial charge in [0.25, 0.3) is 0 Å². The molecule has 4 aromatic rings. The Morgan fingerprint density at radius 2 is 1.83 bits per heavy atom. The predicted molar refractivity (Wildman–Crippen MR) is 149 cm³/mol. The average molecular weight is 623 g/mol. The third-order valence-corrected chi connectivity index (χ3v) is 7.78. The molecule has 1 aliphatic rings. The summed E-state index contributed by atoms with van der Waals surface area (Å²) >= 11 is 6.12. The molecule has 1 saturated heterocycles. The van der Waals surface area contributed by atoms with Crippen LogP contribution in [0.2, 0.25) is 5.02 Å². The number of rotatable bonds is 9. The fraction of sp³-hybridized carbons (Fsp3) is 0.222. The summed E-state index contributed by atoms with van der Waals surface area (Å²) < 4.78 is 90.4. The number of halogens is 5. The molecule has 15 heteroatoms. The van der Waals surface area contributed by atoms with Gasteiger partial charge in [-0.3, -0.25) is 4.72 Å². The lowest BCUT2D eigenvalue weighted by atomic mass is 10.1. The van der Waals surface area contributed by atoms with E-state index in [1.165, 1.54) is 30.6 Å². The highest BCUT2D eigenvalue weighted by molar-refractivity contribution is 7.91. The second-order valence-corrected chi connectivity index (χ2v) is 11.5. The van der Waals surface area contributed by atoms with Crippen molar-refractivity contribution >= 4 is 33.3 Å². The fourth-order valence-electron chi connectivity index (χ4n) is 4.28. The van der Waals surface area contributed by atoms with Crippen LogP contribution in [-0.2, 0) is 15.8 Å². The predicted octanol–water partition coefficient (Wildman–Crippen LogP) is 5.46. The van der Waals surface area contributed by atoms with Crippen LogP contribution in [-0.4, -0.2) is 48.7 Å². The molecule has 42 heavy (non-hydrogen) atoms. The molecule has 0 bridgehead atoms. The maximum atomic E-state index is 15.2. The van der Waals surface area contributed by atoms with Crippen LogP contribution in [0.15, 0.2) is 60.9 Å². The maximum absolute atomic E-state index is 15.2. The Hall–Kier alpha value is -4.01. The number of sulfonamides is 1. The lowest BCUT2D eigenvalue weighted by molar-refractivity contribution is 0.254. The van der Waals surface area contributed by atoms with E-state index in [1.54, 1.807) is 22.9 Å². The van der Waals surface area contributed by atoms with Gasteiger partial charge in [0.05, 0.1) is 17.0 Å². The van der Waals surface area contributed by atoms with Crippen LogP contribution in [0, 0.1) is 17.5 Å². The SMILES string of the molecule is O=S(=O)(Cc1ccccc1F)Nc1c(F)cc(Oc2ncccc2-c2ccnc(N[C@@H]3CNC[C@@H](F)C3)n2)c(Cl)c1F. The lowest BCUT2D eigenvalue weighted by Crippen LogP contribution is -2.44. The molecule has 0 radical (unpaired) electrons. The fourth-order valence-corrected chi connectivity index (χ4v) is 5.69. The zero-order valence-corrected chi connectivity index (χ0v) is 23.2. The largest absolute Gasteiger partial charge is 0.437 e. The molecule has 3 N–H and O–H groups in total. The number of anilines is 2. The van der Waals surface area contributed by atoms with E-state index in [0.29, 0.717) is 23.9 Å². The minimum Gasteiger partial charge on any atom is -0.437 e. The summed E-state index contributed by atoms with van der Waals surface area (Å²) in [6.45, 7) is 0.805. The van der Waals surface area contributed by atoms with Crippen LogP contribution in [0.4, 0.5) is 29.2 Å². The van der Waals surface area contributed by atoms with Gasteiger partial charge in [0.2, 0.25) is 21.9 Å². The minimum atomic E-state index is -4.43. The van der Waals surface area contributed by atoms with Gasteiger partial charge in [-0.1, -0.05) is 29.8 Å². The molecule has 1 aliphatic heterocycles. The van der Waals surface area contributed by atoms with Crippen molar-refractivity contribution < 1.29 is 30.7 Å². The van der Waals surface area contributed by atoms with Gasteiger partial charge >= 0.3 is 0 Å². The number of ether oxygens (including phenoxy) is 1. The number of pyridine rings is 1. The maximum Gasteiger partial charge on any atom is 0.237 e. The average Bonchev–Trinajstić information content (AvgIpc) is 2.95. The van der Waals surface area contributed by atoms with E-state index in [2.05, 4.69) is 25.6 Å². The smallest absolute Gasteiger partial charge is 0.237 e. The van der Waals surface area contributed by atoms with Crippen molar-refractivity contribution in [1.82, 2.24) is 20.3 Å². The van der Waals surface area contributed by atoms with Crippen LogP contribution in [0.5, 0.6) is 11.6 Å². The van der Waals surface area contributed by atoms with Gasteiger partial charge in [0, 0.05) is 49.6 Å². The van der Waals surface area contributed by atoms with E-state index in [1.807, 2.05) is 0 Å². The highest BCUT2D eigenvalue weighted by atomic mass is 35.5. The number of hydrogen-bond acceptors (Lipinski definition) is 8. The molecule has 0 aliphatic carbocycles. The third-order valence-electron chi connectivity index (χ3n) is 6.23. The molecule has 0 unspecified atom stereocenters. The minimum absolute atomic E-state index is 0.112. The monoisotopic (exact) mass is 622 g/mol. The first-order valence-corrected chi connectivity index (χ1v) is 14.6. The number of aromatic nitrogens is 3. The Balaban J connectivity index is 1.38. The molecule has 5 rings (SSSR count). The van der Waals surface area contributed by atoms with E-state index >= 15 is 8.78 Å². The highest BCUT2D eigenvalue weighted by Crippen LogP contribution is 2.39. The van der Waals surface area contributed by atoms with E-state index in [9.17, 15) is 17.2 Å². The molecule has 0 spiro atoms. The van der Waals surface area contributed by atoms with Crippen LogP contribution >= 0.6 is 11.6 Å². The molecule has 9 nitrogen and oxygen atoms in total. The van der Waals surface area contributed by atoms with Gasteiger partial charge < -0.3 is 15.4 Å². The Morgan fingerprint density at radius 1 is 1.02 bits per heavy atom. The molecule has 2 aromatic carbocycles. The molecule has 0 saturated carbocycles. The number of nitrogens with one attached hydrogen (secondary N) is 3. The first kappa shape index (κ1) is 29.5. The summed E-state index contributed by atoms with van der Waals surface area (Å²) in [5, 5.41) is 5.33. The molecule has 0 amide bonds. The number of hydrogen-bond donors (Lipinski definition) is 3. The van der Waals surface area contributed by atoms with Crippen molar-refractivity contribution in [2.24, 2.45) is 0 Å². The van der Waals surface area contributed by atoms with E-state index in [4.69, 9.17) is 16.3 Å². The van der Waals surface area contributed by atoms with Crippen LogP contribution in [0.25, 0.3) is 11.3 Å². The lowest BCUT2D eigenvalue weighted by Gasteiger charge is -2.26. The normalized spacial score (nSPS) is 17.1. The standard InChI is InChI=1S/C27H23ClF4N6O3S/c28-23-22(11-20(31)25(24(23)32)38-42(39,40)14-15-4-1-2-6-19(15)30)41-26-18(5-3-8-34-26)21-7-9-35-27(37-21)36-17-10-16(29)12-33-13-17/h1-9,11,16-17,33,38H,10,12-14H2,(H,35,36,37)/t16-,17-/m0/s1. The van der Waals surface area contributed by atoms with Crippen molar-refractivity contribution in [2.75, 3.05) is 23.1 Å². The summed E-state index contributed by atoms with van der Waals surface area (Å²) in [6.07, 6.45) is 2.13. The Labute approximate surface area is 243 Å². The first-order valence-electron chi connectivity index (χ1n) is 12.6. The van der Waals surface area contributed by atoms with Crippen LogP contribution < -0.4 is 20.1 Å². The Kier molecular flexibility index (Phi) is 8.75. The molecule has 2 aromatic heterocycles. The van der Waals surface area contributed by atoms with Gasteiger partial charge in [0.15, 0.2) is 17.4 Å². The van der Waals surface area contributed by atoms with Gasteiger partial charge in [-0.2, -0.15) is 0 Å². The van der Waals surface area contributed by atoms with Crippen molar-refractivity contribution in [2.45, 2.75) is 24.4 Å². The molecular weight excluding hydrogens is 600 g/mol. The molecule has 1 fully saturated rings. The van der Waals surface area contributed by atoms with Crippen molar-refractivity contribution in [3.8, 4) is 22.9 Å². The number of benzene rings is 2. The van der Waals surface area contributed by atoms with Crippen molar-refractivity contribution in [3.63, 3.8) is 0 Å². The van der Waals surface area contributed by atoms with Gasteiger partial charge in [-0.05, 0) is 24.3 Å². The van der Waals surface area contributed by atoms with Gasteiger partial charge in [0.1, 0.15) is 22.7 Å². The van der Waals surface area contributed by atoms with E-state index < -0.39 is 55.9 Å². The molecule has 2 atom stereocenters. The zero-order valence-electron chi connectivity index (χ0n) is 21.6. The summed E-state index contributed by atoms with van der Waals surface area (Å²) in [5.74, 6) is -4.80. The Morgan fingerprint density at radius 3 is 2.62 bits per heavy atom. The quantitative estimate of drug-likeness (QED) is 0.167. The first-order chi connectivity index (χ1) is 20.1. The zero-order chi connectivity index (χ0) is 29.9. The summed E-state index contributed by atoms with van der Waals surface area (Å²) in [4.78, 5) is 12.7. The summed E-state index contributed by atoms with van der Waals surface area (Å²) in [7, 11) is -4.43. The topological polar surface area (TPSA) is 118 Å².